The van der Waals surface area contributed by atoms with Gasteiger partial charge in [0.25, 0.3) is 0 Å². The molecule has 1 aromatic heterocycles. The minimum absolute atomic E-state index is 0.109. The Bertz CT molecular complexity index is 376. The van der Waals surface area contributed by atoms with E-state index in [-0.39, 0.29) is 5.91 Å². The predicted molar refractivity (Wildman–Crippen MR) is 73.1 cm³/mol. The molecular weight excluding hydrogens is 226 g/mol. The highest BCUT2D eigenvalue weighted by Crippen LogP contribution is 2.10. The van der Waals surface area contributed by atoms with Gasteiger partial charge in [-0.2, -0.15) is 0 Å². The molecule has 1 rings (SSSR count). The second-order valence-electron chi connectivity index (χ2n) is 4.80. The van der Waals surface area contributed by atoms with Crippen molar-refractivity contribution in [2.24, 2.45) is 0 Å². The van der Waals surface area contributed by atoms with Gasteiger partial charge in [-0.1, -0.05) is 13.0 Å². The first-order valence-electron chi connectivity index (χ1n) is 6.45. The number of hydrogen-bond donors (Lipinski definition) is 1. The Labute approximate surface area is 109 Å². The van der Waals surface area contributed by atoms with Crippen LogP contribution in [0, 0.1) is 0 Å². The Morgan fingerprint density at radius 1 is 1.39 bits per heavy atom. The molecule has 100 valence electrons. The lowest BCUT2D eigenvalue weighted by Gasteiger charge is -2.31. The van der Waals surface area contributed by atoms with Crippen LogP contribution >= 0.6 is 0 Å². The van der Waals surface area contributed by atoms with Crippen LogP contribution in [0.1, 0.15) is 33.4 Å². The number of rotatable bonds is 6. The van der Waals surface area contributed by atoms with Crippen LogP contribution < -0.4 is 5.32 Å². The topological polar surface area (TPSA) is 45.2 Å². The Kier molecular flexibility index (Phi) is 5.28. The van der Waals surface area contributed by atoms with Crippen LogP contribution in [0.25, 0.3) is 0 Å². The van der Waals surface area contributed by atoms with Gasteiger partial charge in [0.15, 0.2) is 0 Å². The van der Waals surface area contributed by atoms with Gasteiger partial charge in [0.1, 0.15) is 0 Å². The normalized spacial score (nSPS) is 11.3. The van der Waals surface area contributed by atoms with Gasteiger partial charge in [-0.25, -0.2) is 0 Å². The van der Waals surface area contributed by atoms with E-state index >= 15 is 0 Å². The zero-order valence-electron chi connectivity index (χ0n) is 11.7. The number of nitrogens with one attached hydrogen (secondary N) is 1. The minimum atomic E-state index is -0.528. The van der Waals surface area contributed by atoms with E-state index in [1.807, 2.05) is 50.8 Å². The first-order chi connectivity index (χ1) is 8.51. The van der Waals surface area contributed by atoms with Crippen LogP contribution in [0.4, 0.5) is 0 Å². The maximum Gasteiger partial charge on any atom is 0.242 e. The number of likely N-dealkylation sites (N-methyl/N-ethyl adjacent to an activating group) is 2. The van der Waals surface area contributed by atoms with Crippen LogP contribution in [-0.2, 0) is 11.3 Å². The summed E-state index contributed by atoms with van der Waals surface area (Å²) in [4.78, 5) is 18.5. The zero-order valence-corrected chi connectivity index (χ0v) is 11.7. The van der Waals surface area contributed by atoms with E-state index in [1.54, 1.807) is 6.20 Å². The number of amides is 1. The van der Waals surface area contributed by atoms with Crippen molar-refractivity contribution < 1.29 is 4.79 Å². The molecule has 1 amide bonds. The molecule has 0 bridgehead atoms. The number of nitrogens with zero attached hydrogens (tertiary/aromatic N) is 2. The van der Waals surface area contributed by atoms with Gasteiger partial charge in [-0.15, -0.1) is 0 Å². The molecule has 0 aliphatic rings. The van der Waals surface area contributed by atoms with E-state index in [9.17, 15) is 4.79 Å². The molecule has 0 fully saturated rings. The van der Waals surface area contributed by atoms with Gasteiger partial charge >= 0.3 is 0 Å². The van der Waals surface area contributed by atoms with Crippen molar-refractivity contribution in [2.75, 3.05) is 13.1 Å². The van der Waals surface area contributed by atoms with E-state index in [1.165, 1.54) is 0 Å². The molecule has 0 unspecified atom stereocenters. The lowest BCUT2D eigenvalue weighted by atomic mass is 10.0. The maximum absolute atomic E-state index is 12.4. The molecule has 0 saturated carbocycles. The Morgan fingerprint density at radius 2 is 2.11 bits per heavy atom. The lowest BCUT2D eigenvalue weighted by Crippen LogP contribution is -2.53. The van der Waals surface area contributed by atoms with E-state index in [4.69, 9.17) is 0 Å². The first-order valence-corrected chi connectivity index (χ1v) is 6.45. The first kappa shape index (κ1) is 14.6. The number of pyridine rings is 1. The fraction of sp³-hybridized carbons (Fsp3) is 0.571. The summed E-state index contributed by atoms with van der Waals surface area (Å²) in [5, 5.41) is 3.21. The number of aromatic nitrogens is 1. The molecule has 0 aliphatic heterocycles. The van der Waals surface area contributed by atoms with Crippen molar-refractivity contribution in [1.82, 2.24) is 15.2 Å². The van der Waals surface area contributed by atoms with Crippen molar-refractivity contribution in [1.29, 1.82) is 0 Å². The van der Waals surface area contributed by atoms with Gasteiger partial charge in [-0.05, 0) is 39.4 Å². The molecule has 1 aromatic rings. The quantitative estimate of drug-likeness (QED) is 0.836. The van der Waals surface area contributed by atoms with Gasteiger partial charge < -0.3 is 10.2 Å². The largest absolute Gasteiger partial charge is 0.335 e. The van der Waals surface area contributed by atoms with Crippen molar-refractivity contribution >= 4 is 5.91 Å². The number of hydrogen-bond acceptors (Lipinski definition) is 3. The van der Waals surface area contributed by atoms with E-state index in [0.717, 1.165) is 12.2 Å². The third-order valence-corrected chi connectivity index (χ3v) is 2.90. The summed E-state index contributed by atoms with van der Waals surface area (Å²) in [5.41, 5.74) is 0.388. The summed E-state index contributed by atoms with van der Waals surface area (Å²) < 4.78 is 0. The number of carbonyl (C=O) groups excluding carboxylic acids is 1. The third-order valence-electron chi connectivity index (χ3n) is 2.90. The summed E-state index contributed by atoms with van der Waals surface area (Å²) in [6.07, 6.45) is 1.75. The average Bonchev–Trinajstić information content (AvgIpc) is 2.36. The fourth-order valence-electron chi connectivity index (χ4n) is 1.93. The highest BCUT2D eigenvalue weighted by Gasteiger charge is 2.30. The standard InChI is InChI=1S/C14H23N3O/c1-5-16-14(3,4)13(18)17(6-2)11-12-9-7-8-10-15-12/h7-10,16H,5-6,11H2,1-4H3. The van der Waals surface area contributed by atoms with E-state index in [2.05, 4.69) is 10.3 Å². The van der Waals surface area contributed by atoms with Gasteiger partial charge in [0, 0.05) is 12.7 Å². The smallest absolute Gasteiger partial charge is 0.242 e. The molecule has 0 aromatic carbocycles. The minimum Gasteiger partial charge on any atom is -0.335 e. The SMILES string of the molecule is CCNC(C)(C)C(=O)N(CC)Cc1ccccn1. The maximum atomic E-state index is 12.4. The van der Waals surface area contributed by atoms with Crippen LogP contribution in [0.3, 0.4) is 0 Å². The zero-order chi connectivity index (χ0) is 13.6. The Balaban J connectivity index is 2.75. The lowest BCUT2D eigenvalue weighted by molar-refractivity contribution is -0.137. The van der Waals surface area contributed by atoms with Crippen LogP contribution in [0.5, 0.6) is 0 Å². The Morgan fingerprint density at radius 3 is 2.61 bits per heavy atom. The average molecular weight is 249 g/mol. The van der Waals surface area contributed by atoms with Gasteiger partial charge in [0.05, 0.1) is 17.8 Å². The molecule has 1 heterocycles. The summed E-state index contributed by atoms with van der Waals surface area (Å²) in [7, 11) is 0. The van der Waals surface area contributed by atoms with Crippen LogP contribution in [0.2, 0.25) is 0 Å². The second-order valence-corrected chi connectivity index (χ2v) is 4.80. The highest BCUT2D eigenvalue weighted by atomic mass is 16.2. The summed E-state index contributed by atoms with van der Waals surface area (Å²) in [5.74, 6) is 0.109. The second kappa shape index (κ2) is 6.50. The summed E-state index contributed by atoms with van der Waals surface area (Å²) in [6, 6.07) is 5.76. The van der Waals surface area contributed by atoms with Gasteiger partial charge in [0.2, 0.25) is 5.91 Å². The molecule has 1 N–H and O–H groups in total. The summed E-state index contributed by atoms with van der Waals surface area (Å²) in [6.45, 7) is 9.85. The molecular formula is C14H23N3O. The monoisotopic (exact) mass is 249 g/mol. The third kappa shape index (κ3) is 3.81. The molecule has 0 spiro atoms. The molecule has 18 heavy (non-hydrogen) atoms. The van der Waals surface area contributed by atoms with Crippen LogP contribution in [-0.4, -0.2) is 34.4 Å². The predicted octanol–water partition coefficient (Wildman–Crippen LogP) is 1.82. The molecule has 0 saturated heterocycles. The van der Waals surface area contributed by atoms with E-state index in [0.29, 0.717) is 13.1 Å². The molecule has 4 nitrogen and oxygen atoms in total. The van der Waals surface area contributed by atoms with Gasteiger partial charge in [-0.3, -0.25) is 9.78 Å². The summed E-state index contributed by atoms with van der Waals surface area (Å²) >= 11 is 0. The molecule has 0 radical (unpaired) electrons. The van der Waals surface area contributed by atoms with E-state index < -0.39 is 5.54 Å². The van der Waals surface area contributed by atoms with Crippen LogP contribution in [0.15, 0.2) is 24.4 Å². The number of carbonyl (C=O) groups is 1. The van der Waals surface area contributed by atoms with Crippen molar-refractivity contribution in [3.05, 3.63) is 30.1 Å². The fourth-order valence-corrected chi connectivity index (χ4v) is 1.93. The van der Waals surface area contributed by atoms with Crippen molar-refractivity contribution in [2.45, 2.75) is 39.8 Å². The Hall–Kier alpha value is -1.42. The molecule has 0 aliphatic carbocycles. The van der Waals surface area contributed by atoms with Crippen molar-refractivity contribution in [3.63, 3.8) is 0 Å². The molecule has 4 heteroatoms. The highest BCUT2D eigenvalue weighted by molar-refractivity contribution is 5.85. The van der Waals surface area contributed by atoms with Crippen molar-refractivity contribution in [3.8, 4) is 0 Å². The molecule has 0 atom stereocenters.